The van der Waals surface area contributed by atoms with E-state index in [0.29, 0.717) is 24.0 Å². The van der Waals surface area contributed by atoms with Crippen LogP contribution >= 0.6 is 0 Å². The molecule has 0 N–H and O–H groups in total. The first-order chi connectivity index (χ1) is 16.7. The number of aromatic nitrogens is 2. The van der Waals surface area contributed by atoms with Gasteiger partial charge in [-0.2, -0.15) is 5.10 Å². The Labute approximate surface area is 217 Å². The van der Waals surface area contributed by atoms with E-state index in [4.69, 9.17) is 0 Å². The molecule has 4 atom stereocenters. The molecule has 1 saturated heterocycles. The second-order valence-corrected chi connectivity index (χ2v) is 12.6. The minimum Gasteiger partial charge on any atom is -0.301 e. The van der Waals surface area contributed by atoms with Gasteiger partial charge in [-0.1, -0.05) is 39.3 Å². The minimum absolute atomic E-state index is 0.473. The molecule has 1 fully saturated rings. The van der Waals surface area contributed by atoms with E-state index in [1.54, 1.807) is 5.57 Å². The highest BCUT2D eigenvalue weighted by atomic mass is 15.3. The van der Waals surface area contributed by atoms with E-state index in [9.17, 15) is 0 Å². The Morgan fingerprint density at radius 2 is 1.51 bits per heavy atom. The second kappa shape index (κ2) is 13.4. The fourth-order valence-corrected chi connectivity index (χ4v) is 6.18. The average molecular weight is 485 g/mol. The summed E-state index contributed by atoms with van der Waals surface area (Å²) in [5.41, 5.74) is 3.07. The fourth-order valence-electron chi connectivity index (χ4n) is 6.18. The van der Waals surface area contributed by atoms with Crippen LogP contribution in [-0.2, 0) is 0 Å². The van der Waals surface area contributed by atoms with Gasteiger partial charge in [0.25, 0.3) is 0 Å². The Kier molecular flexibility index (Phi) is 10.9. The van der Waals surface area contributed by atoms with Gasteiger partial charge in [0, 0.05) is 37.4 Å². The van der Waals surface area contributed by atoms with Crippen LogP contribution in [0.15, 0.2) is 24.0 Å². The third-order valence-corrected chi connectivity index (χ3v) is 9.44. The van der Waals surface area contributed by atoms with Crippen LogP contribution in [0.5, 0.6) is 0 Å². The van der Waals surface area contributed by atoms with E-state index < -0.39 is 0 Å². The lowest BCUT2D eigenvalue weighted by Crippen LogP contribution is -2.39. The molecule has 2 aliphatic rings. The molecule has 1 aromatic heterocycles. The quantitative estimate of drug-likeness (QED) is 0.286. The van der Waals surface area contributed by atoms with Crippen LogP contribution in [0.4, 0.5) is 0 Å². The molecule has 4 unspecified atom stereocenters. The van der Waals surface area contributed by atoms with Crippen molar-refractivity contribution in [3.8, 4) is 0 Å². The molecule has 0 aliphatic carbocycles. The maximum Gasteiger partial charge on any atom is 0.0524 e. The molecule has 2 aliphatic heterocycles. The SMILES string of the molecule is CC(CCC(C)C1CCN(C(C)C)CC1)C1=CCN(C(C)CCC(C)n2cc(C(C)C)cn2)CC1. The lowest BCUT2D eigenvalue weighted by molar-refractivity contribution is 0.120. The maximum atomic E-state index is 4.62. The van der Waals surface area contributed by atoms with E-state index in [1.165, 1.54) is 70.1 Å². The van der Waals surface area contributed by atoms with Crippen LogP contribution < -0.4 is 0 Å². The van der Waals surface area contributed by atoms with E-state index in [1.807, 2.05) is 6.20 Å². The maximum absolute atomic E-state index is 4.62. The fraction of sp³-hybridized carbons (Fsp3) is 0.839. The van der Waals surface area contributed by atoms with Crippen molar-refractivity contribution in [2.24, 2.45) is 17.8 Å². The first-order valence-corrected chi connectivity index (χ1v) is 14.9. The van der Waals surface area contributed by atoms with E-state index in [2.05, 4.69) is 87.2 Å². The predicted molar refractivity (Wildman–Crippen MR) is 151 cm³/mol. The zero-order chi connectivity index (χ0) is 25.5. The average Bonchev–Trinajstić information content (AvgIpc) is 3.36. The van der Waals surface area contributed by atoms with Gasteiger partial charge in [-0.25, -0.2) is 0 Å². The molecule has 0 spiro atoms. The summed E-state index contributed by atoms with van der Waals surface area (Å²) in [6, 6.07) is 1.83. The summed E-state index contributed by atoms with van der Waals surface area (Å²) in [5.74, 6) is 3.12. The van der Waals surface area contributed by atoms with Crippen molar-refractivity contribution >= 4 is 0 Å². The molecule has 0 amide bonds. The largest absolute Gasteiger partial charge is 0.301 e. The van der Waals surface area contributed by atoms with Gasteiger partial charge >= 0.3 is 0 Å². The predicted octanol–water partition coefficient (Wildman–Crippen LogP) is 7.54. The second-order valence-electron chi connectivity index (χ2n) is 12.6. The lowest BCUT2D eigenvalue weighted by atomic mass is 9.80. The van der Waals surface area contributed by atoms with Gasteiger partial charge in [0.2, 0.25) is 0 Å². The highest BCUT2D eigenvalue weighted by molar-refractivity contribution is 5.11. The molecule has 200 valence electrons. The molecule has 0 radical (unpaired) electrons. The van der Waals surface area contributed by atoms with Gasteiger partial charge in [-0.15, -0.1) is 0 Å². The van der Waals surface area contributed by atoms with E-state index >= 15 is 0 Å². The van der Waals surface area contributed by atoms with E-state index in [0.717, 1.165) is 24.3 Å². The van der Waals surface area contributed by atoms with Gasteiger partial charge in [0.1, 0.15) is 0 Å². The van der Waals surface area contributed by atoms with Crippen molar-refractivity contribution in [1.29, 1.82) is 0 Å². The Balaban J connectivity index is 1.37. The lowest BCUT2D eigenvalue weighted by Gasteiger charge is -2.37. The normalized spacial score (nSPS) is 22.4. The molecule has 4 nitrogen and oxygen atoms in total. The highest BCUT2D eigenvalue weighted by Crippen LogP contribution is 2.32. The van der Waals surface area contributed by atoms with Crippen molar-refractivity contribution < 1.29 is 0 Å². The molecule has 3 rings (SSSR count). The van der Waals surface area contributed by atoms with Crippen molar-refractivity contribution in [2.75, 3.05) is 26.2 Å². The van der Waals surface area contributed by atoms with Gasteiger partial charge < -0.3 is 4.90 Å². The van der Waals surface area contributed by atoms with Crippen LogP contribution in [0.2, 0.25) is 0 Å². The van der Waals surface area contributed by atoms with Crippen LogP contribution in [0.3, 0.4) is 0 Å². The summed E-state index contributed by atoms with van der Waals surface area (Å²) in [7, 11) is 0. The summed E-state index contributed by atoms with van der Waals surface area (Å²) >= 11 is 0. The summed E-state index contributed by atoms with van der Waals surface area (Å²) in [4.78, 5) is 5.35. The molecular formula is C31H56N4. The van der Waals surface area contributed by atoms with Gasteiger partial charge in [0.15, 0.2) is 0 Å². The molecule has 0 aromatic carbocycles. The summed E-state index contributed by atoms with van der Waals surface area (Å²) in [6.45, 7) is 23.9. The molecular weight excluding hydrogens is 428 g/mol. The molecule has 4 heteroatoms. The van der Waals surface area contributed by atoms with Crippen LogP contribution in [0.25, 0.3) is 0 Å². The molecule has 0 bridgehead atoms. The standard InChI is InChI=1S/C31H56N4/c1-23(2)31-21-32-35(22-31)28(8)12-11-27(7)34-19-15-30(16-20-34)26(6)10-9-25(5)29-13-17-33(18-14-29)24(3)4/h15,21-29H,9-14,16-20H2,1-8H3. The molecule has 0 saturated carbocycles. The third-order valence-electron chi connectivity index (χ3n) is 9.44. The Morgan fingerprint density at radius 1 is 0.829 bits per heavy atom. The zero-order valence-corrected chi connectivity index (χ0v) is 24.3. The summed E-state index contributed by atoms with van der Waals surface area (Å²) in [6.07, 6.45) is 16.1. The molecule has 1 aromatic rings. The zero-order valence-electron chi connectivity index (χ0n) is 24.3. The first kappa shape index (κ1) is 28.4. The highest BCUT2D eigenvalue weighted by Gasteiger charge is 2.26. The van der Waals surface area contributed by atoms with Gasteiger partial charge in [-0.05, 0) is 115 Å². The number of likely N-dealkylation sites (tertiary alicyclic amines) is 1. The number of nitrogens with zero attached hydrogens (tertiary/aromatic N) is 4. The van der Waals surface area contributed by atoms with Crippen molar-refractivity contribution in [3.63, 3.8) is 0 Å². The Hall–Kier alpha value is -1.13. The third kappa shape index (κ3) is 8.18. The van der Waals surface area contributed by atoms with Gasteiger partial charge in [0.05, 0.1) is 6.20 Å². The van der Waals surface area contributed by atoms with E-state index in [-0.39, 0.29) is 0 Å². The number of hydrogen-bond donors (Lipinski definition) is 0. The number of rotatable bonds is 12. The van der Waals surface area contributed by atoms with Gasteiger partial charge in [-0.3, -0.25) is 9.58 Å². The summed E-state index contributed by atoms with van der Waals surface area (Å²) in [5, 5.41) is 4.62. The van der Waals surface area contributed by atoms with Crippen molar-refractivity contribution in [3.05, 3.63) is 29.6 Å². The van der Waals surface area contributed by atoms with Crippen LogP contribution in [-0.4, -0.2) is 57.8 Å². The minimum atomic E-state index is 0.473. The number of hydrogen-bond acceptors (Lipinski definition) is 3. The van der Waals surface area contributed by atoms with Crippen molar-refractivity contribution in [2.45, 2.75) is 124 Å². The Morgan fingerprint density at radius 3 is 2.09 bits per heavy atom. The summed E-state index contributed by atoms with van der Waals surface area (Å²) < 4.78 is 2.17. The van der Waals surface area contributed by atoms with Crippen LogP contribution in [0, 0.1) is 17.8 Å². The molecule has 3 heterocycles. The first-order valence-electron chi connectivity index (χ1n) is 14.9. The number of piperidine rings is 1. The smallest absolute Gasteiger partial charge is 0.0524 e. The molecule has 35 heavy (non-hydrogen) atoms. The van der Waals surface area contributed by atoms with Crippen molar-refractivity contribution in [1.82, 2.24) is 19.6 Å². The topological polar surface area (TPSA) is 24.3 Å². The monoisotopic (exact) mass is 484 g/mol. The Bertz CT molecular complexity index is 771. The van der Waals surface area contributed by atoms with Crippen LogP contribution in [0.1, 0.15) is 118 Å².